The first-order valence-electron chi connectivity index (χ1n) is 4.52. The molecule has 0 fully saturated rings. The molecule has 0 aliphatic rings. The Morgan fingerprint density at radius 3 is 2.67 bits per heavy atom. The highest BCUT2D eigenvalue weighted by molar-refractivity contribution is 6.32. The number of benzene rings is 1. The van der Waals surface area contributed by atoms with Crippen molar-refractivity contribution < 1.29 is 14.3 Å². The van der Waals surface area contributed by atoms with Crippen LogP contribution in [0.4, 0.5) is 0 Å². The number of carbonyl (C=O) groups excluding carboxylic acids is 2. The molecule has 4 heteroatoms. The average Bonchev–Trinajstić information content (AvgIpc) is 2.20. The Balaban J connectivity index is 3.28. The van der Waals surface area contributed by atoms with E-state index in [2.05, 4.69) is 0 Å². The molecule has 80 valence electrons. The lowest BCUT2D eigenvalue weighted by Crippen LogP contribution is -2.01. The quantitative estimate of drug-likeness (QED) is 0.586. The number of hydrogen-bond donors (Lipinski definition) is 0. The highest BCUT2D eigenvalue weighted by Crippen LogP contribution is 2.28. The Labute approximate surface area is 93.0 Å². The Hall–Kier alpha value is -1.35. The van der Waals surface area contributed by atoms with Crippen molar-refractivity contribution in [2.45, 2.75) is 13.8 Å². The van der Waals surface area contributed by atoms with Gasteiger partial charge in [0.05, 0.1) is 11.6 Å². The molecule has 0 N–H and O–H groups in total. The monoisotopic (exact) mass is 226 g/mol. The maximum Gasteiger partial charge on any atom is 0.160 e. The van der Waals surface area contributed by atoms with Crippen LogP contribution in [-0.4, -0.2) is 18.7 Å². The van der Waals surface area contributed by atoms with Crippen LogP contribution in [0.3, 0.4) is 0 Å². The standard InChI is InChI=1S/C11H11ClO3/c1-3-15-11-4-8(6-13)9(7(2)14)5-10(11)12/h4-6H,3H2,1-2H3. The lowest BCUT2D eigenvalue weighted by Gasteiger charge is -2.08. The number of rotatable bonds is 4. The van der Waals surface area contributed by atoms with Crippen LogP contribution in [0, 0.1) is 0 Å². The van der Waals surface area contributed by atoms with Gasteiger partial charge in [0.15, 0.2) is 12.1 Å². The van der Waals surface area contributed by atoms with E-state index in [9.17, 15) is 9.59 Å². The first-order valence-corrected chi connectivity index (χ1v) is 4.90. The van der Waals surface area contributed by atoms with E-state index in [0.717, 1.165) is 0 Å². The highest BCUT2D eigenvalue weighted by Gasteiger charge is 2.11. The minimum atomic E-state index is -0.193. The minimum Gasteiger partial charge on any atom is -0.492 e. The van der Waals surface area contributed by atoms with Crippen molar-refractivity contribution in [3.05, 3.63) is 28.3 Å². The van der Waals surface area contributed by atoms with Crippen LogP contribution in [0.5, 0.6) is 5.75 Å². The number of carbonyl (C=O) groups is 2. The smallest absolute Gasteiger partial charge is 0.160 e. The van der Waals surface area contributed by atoms with Crippen molar-refractivity contribution >= 4 is 23.7 Å². The van der Waals surface area contributed by atoms with Gasteiger partial charge >= 0.3 is 0 Å². The Morgan fingerprint density at radius 2 is 2.20 bits per heavy atom. The summed E-state index contributed by atoms with van der Waals surface area (Å²) in [6.07, 6.45) is 0.621. The number of hydrogen-bond acceptors (Lipinski definition) is 3. The summed E-state index contributed by atoms with van der Waals surface area (Å²) in [7, 11) is 0. The van der Waals surface area contributed by atoms with Crippen molar-refractivity contribution in [3.63, 3.8) is 0 Å². The molecule has 1 rings (SSSR count). The summed E-state index contributed by atoms with van der Waals surface area (Å²) in [4.78, 5) is 21.9. The molecule has 15 heavy (non-hydrogen) atoms. The lowest BCUT2D eigenvalue weighted by molar-refractivity contribution is 0.100. The fourth-order valence-corrected chi connectivity index (χ4v) is 1.46. The van der Waals surface area contributed by atoms with Crippen LogP contribution in [0.25, 0.3) is 0 Å². The second kappa shape index (κ2) is 4.94. The van der Waals surface area contributed by atoms with E-state index >= 15 is 0 Å². The largest absolute Gasteiger partial charge is 0.492 e. The van der Waals surface area contributed by atoms with Crippen LogP contribution in [0.2, 0.25) is 5.02 Å². The van der Waals surface area contributed by atoms with Gasteiger partial charge in [-0.15, -0.1) is 0 Å². The average molecular weight is 227 g/mol. The third-order valence-electron chi connectivity index (χ3n) is 1.91. The van der Waals surface area contributed by atoms with Gasteiger partial charge in [0.2, 0.25) is 0 Å². The van der Waals surface area contributed by atoms with Gasteiger partial charge in [0.1, 0.15) is 5.75 Å². The predicted octanol–water partition coefficient (Wildman–Crippen LogP) is 2.75. The SMILES string of the molecule is CCOc1cc(C=O)c(C(C)=O)cc1Cl. The van der Waals surface area contributed by atoms with Crippen molar-refractivity contribution in [2.75, 3.05) is 6.61 Å². The fraction of sp³-hybridized carbons (Fsp3) is 0.273. The van der Waals surface area contributed by atoms with E-state index in [1.807, 2.05) is 6.92 Å². The van der Waals surface area contributed by atoms with E-state index in [-0.39, 0.29) is 5.78 Å². The van der Waals surface area contributed by atoms with Crippen LogP contribution in [-0.2, 0) is 0 Å². The van der Waals surface area contributed by atoms with E-state index in [1.165, 1.54) is 19.1 Å². The zero-order chi connectivity index (χ0) is 11.4. The molecule has 0 atom stereocenters. The predicted molar refractivity (Wildman–Crippen MR) is 58.0 cm³/mol. The van der Waals surface area contributed by atoms with E-state index in [0.29, 0.717) is 34.8 Å². The number of aldehydes is 1. The summed E-state index contributed by atoms with van der Waals surface area (Å²) < 4.78 is 5.21. The zero-order valence-corrected chi connectivity index (χ0v) is 9.30. The molecule has 0 aliphatic carbocycles. The molecule has 3 nitrogen and oxygen atoms in total. The Kier molecular flexibility index (Phi) is 3.86. The second-order valence-electron chi connectivity index (χ2n) is 2.98. The van der Waals surface area contributed by atoms with Crippen molar-refractivity contribution in [2.24, 2.45) is 0 Å². The minimum absolute atomic E-state index is 0.193. The molecule has 1 aromatic carbocycles. The van der Waals surface area contributed by atoms with Gasteiger partial charge < -0.3 is 4.74 Å². The first-order chi connectivity index (χ1) is 7.10. The normalized spacial score (nSPS) is 9.80. The number of Topliss-reactive ketones (excluding diaryl/α,β-unsaturated/α-hetero) is 1. The third kappa shape index (κ3) is 2.57. The van der Waals surface area contributed by atoms with Gasteiger partial charge in [0.25, 0.3) is 0 Å². The third-order valence-corrected chi connectivity index (χ3v) is 2.21. The summed E-state index contributed by atoms with van der Waals surface area (Å²) in [6, 6.07) is 2.94. The number of halogens is 1. The molecule has 0 aliphatic heterocycles. The highest BCUT2D eigenvalue weighted by atomic mass is 35.5. The summed E-state index contributed by atoms with van der Waals surface area (Å²) in [5.41, 5.74) is 0.619. The molecule has 0 bridgehead atoms. The van der Waals surface area contributed by atoms with Crippen LogP contribution in [0.15, 0.2) is 12.1 Å². The molecule has 0 aromatic heterocycles. The maximum atomic E-state index is 11.2. The molecule has 0 saturated heterocycles. The maximum absolute atomic E-state index is 11.2. The van der Waals surface area contributed by atoms with Gasteiger partial charge in [0, 0.05) is 11.1 Å². The molecule has 0 spiro atoms. The molecule has 1 aromatic rings. The van der Waals surface area contributed by atoms with Crippen LogP contribution in [0.1, 0.15) is 34.6 Å². The van der Waals surface area contributed by atoms with Crippen molar-refractivity contribution in [1.29, 1.82) is 0 Å². The zero-order valence-electron chi connectivity index (χ0n) is 8.54. The van der Waals surface area contributed by atoms with E-state index in [1.54, 1.807) is 0 Å². The summed E-state index contributed by atoms with van der Waals surface area (Å²) >= 11 is 5.89. The second-order valence-corrected chi connectivity index (χ2v) is 3.38. The summed E-state index contributed by atoms with van der Waals surface area (Å²) in [6.45, 7) is 3.66. The number of ketones is 1. The first kappa shape index (κ1) is 11.7. The molecule has 0 radical (unpaired) electrons. The van der Waals surface area contributed by atoms with Gasteiger partial charge in [-0.25, -0.2) is 0 Å². The van der Waals surface area contributed by atoms with Gasteiger partial charge in [-0.05, 0) is 26.0 Å². The molecule has 0 amide bonds. The molecule has 0 heterocycles. The van der Waals surface area contributed by atoms with Crippen molar-refractivity contribution in [1.82, 2.24) is 0 Å². The molecule has 0 saturated carbocycles. The van der Waals surface area contributed by atoms with Crippen LogP contribution >= 0.6 is 11.6 Å². The topological polar surface area (TPSA) is 43.4 Å². The van der Waals surface area contributed by atoms with Crippen molar-refractivity contribution in [3.8, 4) is 5.75 Å². The van der Waals surface area contributed by atoms with E-state index < -0.39 is 0 Å². The van der Waals surface area contributed by atoms with Crippen LogP contribution < -0.4 is 4.74 Å². The molecular weight excluding hydrogens is 216 g/mol. The molecule has 0 unspecified atom stereocenters. The molecular formula is C11H11ClO3. The fourth-order valence-electron chi connectivity index (χ4n) is 1.24. The Bertz CT molecular complexity index is 399. The van der Waals surface area contributed by atoms with Gasteiger partial charge in [-0.3, -0.25) is 9.59 Å². The summed E-state index contributed by atoms with van der Waals surface area (Å²) in [5.74, 6) is 0.230. The summed E-state index contributed by atoms with van der Waals surface area (Å²) in [5, 5.41) is 0.340. The van der Waals surface area contributed by atoms with E-state index in [4.69, 9.17) is 16.3 Å². The van der Waals surface area contributed by atoms with Gasteiger partial charge in [-0.1, -0.05) is 11.6 Å². The Morgan fingerprint density at radius 1 is 1.53 bits per heavy atom. The van der Waals surface area contributed by atoms with Gasteiger partial charge in [-0.2, -0.15) is 0 Å². The lowest BCUT2D eigenvalue weighted by atomic mass is 10.1. The number of ether oxygens (including phenoxy) is 1.